The molecule has 2 N–H and O–H groups in total. The van der Waals surface area contributed by atoms with Gasteiger partial charge in [0.1, 0.15) is 23.9 Å². The molecule has 37 heavy (non-hydrogen) atoms. The van der Waals surface area contributed by atoms with Crippen LogP contribution in [0.4, 0.5) is 17.6 Å². The number of phenolic OH excluding ortho intramolecular Hbond substituents is 2. The third kappa shape index (κ3) is 4.68. The van der Waals surface area contributed by atoms with E-state index in [2.05, 4.69) is 9.97 Å². The van der Waals surface area contributed by atoms with Gasteiger partial charge >= 0.3 is 0 Å². The molecule has 0 radical (unpaired) electrons. The summed E-state index contributed by atoms with van der Waals surface area (Å²) in [5, 5.41) is 21.0. The minimum absolute atomic E-state index is 0.146. The number of anilines is 3. The lowest BCUT2D eigenvalue weighted by Gasteiger charge is -2.21. The van der Waals surface area contributed by atoms with Crippen LogP contribution in [-0.2, 0) is 6.61 Å². The number of fused-ring (bicyclic) bond motifs is 2. The molecule has 6 aromatic rings. The molecular formula is C29H21N5O3. The van der Waals surface area contributed by atoms with Crippen molar-refractivity contribution in [3.8, 4) is 17.2 Å². The molecule has 180 valence electrons. The summed E-state index contributed by atoms with van der Waals surface area (Å²) in [6, 6.07) is 27.4. The number of ether oxygens (including phenoxy) is 1. The summed E-state index contributed by atoms with van der Waals surface area (Å²) in [7, 11) is 0. The Morgan fingerprint density at radius 3 is 1.78 bits per heavy atom. The topological polar surface area (TPSA) is 104 Å². The smallest absolute Gasteiger partial charge is 0.237 e. The maximum Gasteiger partial charge on any atom is 0.237 e. The van der Waals surface area contributed by atoms with E-state index in [9.17, 15) is 10.2 Å². The van der Waals surface area contributed by atoms with E-state index in [1.165, 1.54) is 0 Å². The first-order valence-corrected chi connectivity index (χ1v) is 11.6. The Kier molecular flexibility index (Phi) is 5.67. The molecule has 0 bridgehead atoms. The largest absolute Gasteiger partial charge is 0.508 e. The lowest BCUT2D eigenvalue weighted by atomic mass is 10.2. The van der Waals surface area contributed by atoms with Crippen LogP contribution in [0.15, 0.2) is 103 Å². The lowest BCUT2D eigenvalue weighted by molar-refractivity contribution is 0.306. The SMILES string of the molecule is Oc1ccc2nc(N(c3ccc(OCc4ccccc4)cc3)c3ncc4cc(O)ccc4n3)ncc2c1. The van der Waals surface area contributed by atoms with Crippen molar-refractivity contribution >= 4 is 39.4 Å². The molecular weight excluding hydrogens is 466 g/mol. The van der Waals surface area contributed by atoms with E-state index in [0.717, 1.165) is 17.0 Å². The molecule has 2 aromatic heterocycles. The fraction of sp³-hybridized carbons (Fsp3) is 0.0345. The highest BCUT2D eigenvalue weighted by Gasteiger charge is 2.19. The van der Waals surface area contributed by atoms with Gasteiger partial charge in [-0.05, 0) is 66.2 Å². The summed E-state index contributed by atoms with van der Waals surface area (Å²) in [6.07, 6.45) is 3.31. The zero-order chi connectivity index (χ0) is 25.2. The van der Waals surface area contributed by atoms with Gasteiger partial charge in [-0.1, -0.05) is 30.3 Å². The molecule has 0 aliphatic carbocycles. The molecule has 0 aliphatic heterocycles. The summed E-state index contributed by atoms with van der Waals surface area (Å²) < 4.78 is 5.95. The van der Waals surface area contributed by atoms with E-state index in [-0.39, 0.29) is 11.5 Å². The van der Waals surface area contributed by atoms with E-state index in [0.29, 0.717) is 40.3 Å². The van der Waals surface area contributed by atoms with Gasteiger partial charge in [0.25, 0.3) is 0 Å². The van der Waals surface area contributed by atoms with Gasteiger partial charge in [0.2, 0.25) is 11.9 Å². The predicted octanol–water partition coefficient (Wildman–Crippen LogP) is 6.03. The van der Waals surface area contributed by atoms with Gasteiger partial charge in [-0.2, -0.15) is 0 Å². The fourth-order valence-corrected chi connectivity index (χ4v) is 3.99. The fourth-order valence-electron chi connectivity index (χ4n) is 3.99. The van der Waals surface area contributed by atoms with Crippen LogP contribution in [0.2, 0.25) is 0 Å². The van der Waals surface area contributed by atoms with Gasteiger partial charge in [0.05, 0.1) is 16.7 Å². The van der Waals surface area contributed by atoms with Crippen molar-refractivity contribution in [2.45, 2.75) is 6.61 Å². The van der Waals surface area contributed by atoms with Crippen molar-refractivity contribution in [3.05, 3.63) is 109 Å². The Balaban J connectivity index is 1.39. The van der Waals surface area contributed by atoms with Crippen molar-refractivity contribution in [2.24, 2.45) is 0 Å². The molecule has 0 spiro atoms. The minimum Gasteiger partial charge on any atom is -0.508 e. The molecule has 8 nitrogen and oxygen atoms in total. The number of benzene rings is 4. The maximum atomic E-state index is 9.81. The number of aromatic nitrogens is 4. The van der Waals surface area contributed by atoms with Crippen LogP contribution in [0.3, 0.4) is 0 Å². The Bertz CT molecular complexity index is 1620. The Morgan fingerprint density at radius 1 is 0.649 bits per heavy atom. The van der Waals surface area contributed by atoms with Crippen LogP contribution in [-0.4, -0.2) is 30.1 Å². The van der Waals surface area contributed by atoms with Gasteiger partial charge < -0.3 is 14.9 Å². The first kappa shape index (κ1) is 22.2. The summed E-state index contributed by atoms with van der Waals surface area (Å²) in [5.74, 6) is 1.75. The molecule has 0 saturated carbocycles. The van der Waals surface area contributed by atoms with Crippen molar-refractivity contribution in [1.82, 2.24) is 19.9 Å². The van der Waals surface area contributed by atoms with E-state index < -0.39 is 0 Å². The number of rotatable bonds is 6. The number of hydrogen-bond donors (Lipinski definition) is 2. The van der Waals surface area contributed by atoms with E-state index in [1.54, 1.807) is 53.7 Å². The Morgan fingerprint density at radius 2 is 1.22 bits per heavy atom. The summed E-state index contributed by atoms with van der Waals surface area (Å²) in [5.41, 5.74) is 3.16. The number of hydrogen-bond acceptors (Lipinski definition) is 8. The maximum absolute atomic E-state index is 9.81. The van der Waals surface area contributed by atoms with Gasteiger partial charge in [-0.15, -0.1) is 0 Å². The number of aromatic hydroxyl groups is 2. The average Bonchev–Trinajstić information content (AvgIpc) is 2.93. The molecule has 2 heterocycles. The second-order valence-corrected chi connectivity index (χ2v) is 8.43. The molecule has 0 fully saturated rings. The van der Waals surface area contributed by atoms with Crippen LogP contribution in [0.1, 0.15) is 5.56 Å². The van der Waals surface area contributed by atoms with Crippen LogP contribution in [0.5, 0.6) is 17.2 Å². The van der Waals surface area contributed by atoms with Gasteiger partial charge in [0, 0.05) is 23.2 Å². The Labute approximate surface area is 212 Å². The first-order valence-electron chi connectivity index (χ1n) is 11.6. The molecule has 0 aliphatic rings. The summed E-state index contributed by atoms with van der Waals surface area (Å²) in [6.45, 7) is 0.463. The quantitative estimate of drug-likeness (QED) is 0.293. The minimum atomic E-state index is 0.146. The zero-order valence-corrected chi connectivity index (χ0v) is 19.6. The Hall–Kier alpha value is -5.24. The molecule has 0 unspecified atom stereocenters. The summed E-state index contributed by atoms with van der Waals surface area (Å²) >= 11 is 0. The lowest BCUT2D eigenvalue weighted by Crippen LogP contribution is -2.16. The highest BCUT2D eigenvalue weighted by atomic mass is 16.5. The highest BCUT2D eigenvalue weighted by Crippen LogP contribution is 2.33. The zero-order valence-electron chi connectivity index (χ0n) is 19.6. The van der Waals surface area contributed by atoms with Crippen LogP contribution in [0, 0.1) is 0 Å². The van der Waals surface area contributed by atoms with Gasteiger partial charge in [-0.3, -0.25) is 0 Å². The highest BCUT2D eigenvalue weighted by molar-refractivity contribution is 5.84. The first-order chi connectivity index (χ1) is 18.1. The third-order valence-electron chi connectivity index (χ3n) is 5.84. The second-order valence-electron chi connectivity index (χ2n) is 8.43. The van der Waals surface area contributed by atoms with Crippen molar-refractivity contribution in [1.29, 1.82) is 0 Å². The second kappa shape index (κ2) is 9.43. The number of phenols is 2. The van der Waals surface area contributed by atoms with Crippen LogP contribution in [0.25, 0.3) is 21.8 Å². The molecule has 4 aromatic carbocycles. The molecule has 0 atom stereocenters. The van der Waals surface area contributed by atoms with Gasteiger partial charge in [0.15, 0.2) is 0 Å². The van der Waals surface area contributed by atoms with E-state index in [1.807, 2.05) is 54.6 Å². The van der Waals surface area contributed by atoms with Crippen LogP contribution >= 0.6 is 0 Å². The molecule has 6 rings (SSSR count). The third-order valence-corrected chi connectivity index (χ3v) is 5.84. The summed E-state index contributed by atoms with van der Waals surface area (Å²) in [4.78, 5) is 20.3. The van der Waals surface area contributed by atoms with Crippen molar-refractivity contribution in [2.75, 3.05) is 4.90 Å². The predicted molar refractivity (Wildman–Crippen MR) is 141 cm³/mol. The van der Waals surface area contributed by atoms with Crippen molar-refractivity contribution in [3.63, 3.8) is 0 Å². The molecule has 0 saturated heterocycles. The molecule has 8 heteroatoms. The molecule has 0 amide bonds. The van der Waals surface area contributed by atoms with E-state index in [4.69, 9.17) is 14.7 Å². The van der Waals surface area contributed by atoms with E-state index >= 15 is 0 Å². The normalized spacial score (nSPS) is 11.0. The monoisotopic (exact) mass is 487 g/mol. The standard InChI is InChI=1S/C29H21N5O3/c35-23-8-12-26-20(14-23)16-30-28(32-26)34(29-31-17-21-15-24(36)9-13-27(21)33-29)22-6-10-25(11-7-22)37-18-19-4-2-1-3-5-19/h1-17,35-36H,18H2. The van der Waals surface area contributed by atoms with Crippen molar-refractivity contribution < 1.29 is 14.9 Å². The van der Waals surface area contributed by atoms with Gasteiger partial charge in [-0.25, -0.2) is 24.8 Å². The average molecular weight is 488 g/mol. The van der Waals surface area contributed by atoms with Crippen LogP contribution < -0.4 is 9.64 Å². The number of nitrogens with zero attached hydrogens (tertiary/aromatic N) is 5.